The Morgan fingerprint density at radius 1 is 1.31 bits per heavy atom. The third kappa shape index (κ3) is 2.57. The van der Waals surface area contributed by atoms with Gasteiger partial charge in [0.1, 0.15) is 6.10 Å². The lowest BCUT2D eigenvalue weighted by Gasteiger charge is -2.23. The van der Waals surface area contributed by atoms with E-state index in [-0.39, 0.29) is 11.5 Å². The minimum Gasteiger partial charge on any atom is -0.369 e. The van der Waals surface area contributed by atoms with Gasteiger partial charge in [-0.1, -0.05) is 20.8 Å². The van der Waals surface area contributed by atoms with Crippen molar-refractivity contribution >= 4 is 0 Å². The van der Waals surface area contributed by atoms with E-state index in [1.54, 1.807) is 0 Å². The van der Waals surface area contributed by atoms with Gasteiger partial charge in [-0.15, -0.1) is 0 Å². The maximum atomic E-state index is 5.62. The van der Waals surface area contributed by atoms with Gasteiger partial charge in [-0.25, -0.2) is 0 Å². The predicted octanol–water partition coefficient (Wildman–Crippen LogP) is 1.44. The van der Waals surface area contributed by atoms with Crippen LogP contribution in [0.15, 0.2) is 12.1 Å². The Morgan fingerprint density at radius 3 is 2.62 bits per heavy atom. The standard InChI is InChI=1S/C12H19N3O/c1-12(2,3)11-5-4-9(14-15-11)10-8-13-6-7-16-10/h4-5,10,13H,6-8H2,1-3H3. The predicted molar refractivity (Wildman–Crippen MR) is 62.3 cm³/mol. The molecule has 1 saturated heterocycles. The Morgan fingerprint density at radius 2 is 2.12 bits per heavy atom. The van der Waals surface area contributed by atoms with Crippen LogP contribution in [0.1, 0.15) is 38.3 Å². The minimum absolute atomic E-state index is 0.0512. The van der Waals surface area contributed by atoms with Crippen molar-refractivity contribution in [1.29, 1.82) is 0 Å². The number of nitrogens with one attached hydrogen (secondary N) is 1. The average Bonchev–Trinajstić information content (AvgIpc) is 2.29. The third-order valence-electron chi connectivity index (χ3n) is 2.71. The summed E-state index contributed by atoms with van der Waals surface area (Å²) in [6, 6.07) is 4.06. The minimum atomic E-state index is 0.0512. The summed E-state index contributed by atoms with van der Waals surface area (Å²) in [6.45, 7) is 8.89. The molecule has 1 atom stereocenters. The molecule has 2 rings (SSSR count). The number of aromatic nitrogens is 2. The second kappa shape index (κ2) is 4.47. The number of nitrogens with zero attached hydrogens (tertiary/aromatic N) is 2. The Kier molecular flexibility index (Phi) is 3.21. The van der Waals surface area contributed by atoms with Crippen molar-refractivity contribution in [2.45, 2.75) is 32.3 Å². The lowest BCUT2D eigenvalue weighted by atomic mass is 9.92. The maximum absolute atomic E-state index is 5.62. The maximum Gasteiger partial charge on any atom is 0.114 e. The quantitative estimate of drug-likeness (QED) is 0.779. The van der Waals surface area contributed by atoms with Crippen LogP contribution in [0.25, 0.3) is 0 Å². The van der Waals surface area contributed by atoms with Crippen molar-refractivity contribution in [3.05, 3.63) is 23.5 Å². The molecule has 2 heterocycles. The Balaban J connectivity index is 2.12. The summed E-state index contributed by atoms with van der Waals surface area (Å²) in [5, 5.41) is 11.8. The van der Waals surface area contributed by atoms with Gasteiger partial charge in [-0.05, 0) is 12.1 Å². The normalized spacial score (nSPS) is 22.1. The summed E-state index contributed by atoms with van der Waals surface area (Å²) < 4.78 is 5.62. The Labute approximate surface area is 96.4 Å². The zero-order valence-electron chi connectivity index (χ0n) is 10.2. The second-order valence-electron chi connectivity index (χ2n) is 5.16. The van der Waals surface area contributed by atoms with Crippen LogP contribution >= 0.6 is 0 Å². The summed E-state index contributed by atoms with van der Waals surface area (Å²) in [4.78, 5) is 0. The molecule has 0 amide bonds. The van der Waals surface area contributed by atoms with Crippen LogP contribution < -0.4 is 5.32 Å². The van der Waals surface area contributed by atoms with E-state index in [0.29, 0.717) is 0 Å². The van der Waals surface area contributed by atoms with E-state index in [2.05, 4.69) is 36.3 Å². The smallest absolute Gasteiger partial charge is 0.114 e. The number of hydrogen-bond donors (Lipinski definition) is 1. The highest BCUT2D eigenvalue weighted by Gasteiger charge is 2.20. The molecule has 88 valence electrons. The molecule has 4 heteroatoms. The molecule has 0 bridgehead atoms. The van der Waals surface area contributed by atoms with Gasteiger partial charge in [-0.3, -0.25) is 0 Å². The molecule has 4 nitrogen and oxygen atoms in total. The van der Waals surface area contributed by atoms with E-state index >= 15 is 0 Å². The van der Waals surface area contributed by atoms with Crippen LogP contribution in [-0.2, 0) is 10.2 Å². The first-order chi connectivity index (χ1) is 7.57. The van der Waals surface area contributed by atoms with Crippen LogP contribution in [0.4, 0.5) is 0 Å². The largest absolute Gasteiger partial charge is 0.369 e. The van der Waals surface area contributed by atoms with Crippen molar-refractivity contribution in [2.75, 3.05) is 19.7 Å². The van der Waals surface area contributed by atoms with Crippen LogP contribution in [0, 0.1) is 0 Å². The Hall–Kier alpha value is -1.00. The molecule has 0 spiro atoms. The number of ether oxygens (including phenoxy) is 1. The molecule has 1 aromatic rings. The molecule has 1 fully saturated rings. The molecule has 0 saturated carbocycles. The molecule has 1 unspecified atom stereocenters. The van der Waals surface area contributed by atoms with E-state index in [9.17, 15) is 0 Å². The van der Waals surface area contributed by atoms with E-state index in [0.717, 1.165) is 31.1 Å². The molecular formula is C12H19N3O. The SMILES string of the molecule is CC(C)(C)c1ccc(C2CNCCO2)nn1. The van der Waals surface area contributed by atoms with Crippen LogP contribution in [0.3, 0.4) is 0 Å². The molecule has 1 aliphatic heterocycles. The van der Waals surface area contributed by atoms with Crippen molar-refractivity contribution in [3.8, 4) is 0 Å². The van der Waals surface area contributed by atoms with Gasteiger partial charge in [0.05, 0.1) is 18.0 Å². The number of morpholine rings is 1. The van der Waals surface area contributed by atoms with E-state index < -0.39 is 0 Å². The number of rotatable bonds is 1. The lowest BCUT2D eigenvalue weighted by molar-refractivity contribution is 0.0244. The average molecular weight is 221 g/mol. The summed E-state index contributed by atoms with van der Waals surface area (Å²) >= 11 is 0. The van der Waals surface area contributed by atoms with Gasteiger partial charge in [0.2, 0.25) is 0 Å². The fraction of sp³-hybridized carbons (Fsp3) is 0.667. The highest BCUT2D eigenvalue weighted by atomic mass is 16.5. The lowest BCUT2D eigenvalue weighted by Crippen LogP contribution is -2.34. The first kappa shape index (κ1) is 11.5. The van der Waals surface area contributed by atoms with Gasteiger partial charge in [0, 0.05) is 18.5 Å². The van der Waals surface area contributed by atoms with Crippen molar-refractivity contribution in [1.82, 2.24) is 15.5 Å². The van der Waals surface area contributed by atoms with E-state index in [1.165, 1.54) is 0 Å². The number of hydrogen-bond acceptors (Lipinski definition) is 4. The second-order valence-corrected chi connectivity index (χ2v) is 5.16. The highest BCUT2D eigenvalue weighted by Crippen LogP contribution is 2.21. The summed E-state index contributed by atoms with van der Waals surface area (Å²) in [7, 11) is 0. The van der Waals surface area contributed by atoms with Crippen molar-refractivity contribution in [2.24, 2.45) is 0 Å². The molecule has 1 N–H and O–H groups in total. The first-order valence-corrected chi connectivity index (χ1v) is 5.74. The third-order valence-corrected chi connectivity index (χ3v) is 2.71. The van der Waals surface area contributed by atoms with Crippen molar-refractivity contribution < 1.29 is 4.74 Å². The van der Waals surface area contributed by atoms with Crippen LogP contribution in [0.2, 0.25) is 0 Å². The Bertz CT molecular complexity index is 336. The van der Waals surface area contributed by atoms with Gasteiger partial charge in [0.25, 0.3) is 0 Å². The molecule has 0 aromatic carbocycles. The van der Waals surface area contributed by atoms with Gasteiger partial charge < -0.3 is 10.1 Å². The zero-order valence-corrected chi connectivity index (χ0v) is 10.2. The van der Waals surface area contributed by atoms with Crippen molar-refractivity contribution in [3.63, 3.8) is 0 Å². The van der Waals surface area contributed by atoms with Crippen LogP contribution in [-0.4, -0.2) is 29.9 Å². The van der Waals surface area contributed by atoms with Gasteiger partial charge in [-0.2, -0.15) is 10.2 Å². The molecule has 1 aromatic heterocycles. The fourth-order valence-electron chi connectivity index (χ4n) is 1.67. The summed E-state index contributed by atoms with van der Waals surface area (Å²) in [5.74, 6) is 0. The molecule has 16 heavy (non-hydrogen) atoms. The summed E-state index contributed by atoms with van der Waals surface area (Å²) in [5.41, 5.74) is 1.98. The monoisotopic (exact) mass is 221 g/mol. The molecular weight excluding hydrogens is 202 g/mol. The zero-order chi connectivity index (χ0) is 11.6. The molecule has 0 aliphatic carbocycles. The highest BCUT2D eigenvalue weighted by molar-refractivity contribution is 5.15. The molecule has 0 radical (unpaired) electrons. The van der Waals surface area contributed by atoms with Gasteiger partial charge >= 0.3 is 0 Å². The summed E-state index contributed by atoms with van der Waals surface area (Å²) in [6.07, 6.45) is 0.0512. The van der Waals surface area contributed by atoms with Crippen LogP contribution in [0.5, 0.6) is 0 Å². The molecule has 1 aliphatic rings. The van der Waals surface area contributed by atoms with E-state index in [4.69, 9.17) is 4.74 Å². The fourth-order valence-corrected chi connectivity index (χ4v) is 1.67. The van der Waals surface area contributed by atoms with Gasteiger partial charge in [0.15, 0.2) is 0 Å². The first-order valence-electron chi connectivity index (χ1n) is 5.74. The topological polar surface area (TPSA) is 47.0 Å². The van der Waals surface area contributed by atoms with E-state index in [1.807, 2.05) is 12.1 Å².